The monoisotopic (exact) mass is 492 g/mol. The van der Waals surface area contributed by atoms with Gasteiger partial charge in [-0.25, -0.2) is 19.6 Å². The fourth-order valence-corrected chi connectivity index (χ4v) is 4.24. The number of benzene rings is 1. The molecular weight excluding hydrogens is 452 g/mol. The molecule has 3 aromatic rings. The van der Waals surface area contributed by atoms with Crippen LogP contribution in [0, 0.1) is 0 Å². The van der Waals surface area contributed by atoms with Crippen LogP contribution in [0.4, 0.5) is 0 Å². The van der Waals surface area contributed by atoms with E-state index in [0.29, 0.717) is 24.2 Å². The molecule has 36 heavy (non-hydrogen) atoms. The largest absolute Gasteiger partial charge is 0.461 e. The average molecular weight is 493 g/mol. The highest BCUT2D eigenvalue weighted by Gasteiger charge is 2.15. The van der Waals surface area contributed by atoms with Crippen LogP contribution in [0.5, 0.6) is 0 Å². The highest BCUT2D eigenvalue weighted by Crippen LogP contribution is 2.23. The van der Waals surface area contributed by atoms with Gasteiger partial charge in [0.2, 0.25) is 0 Å². The molecule has 6 heteroatoms. The lowest BCUT2D eigenvalue weighted by atomic mass is 10.1. The molecule has 1 aromatic carbocycles. The Bertz CT molecular complexity index is 1040. The van der Waals surface area contributed by atoms with Crippen LogP contribution in [0.15, 0.2) is 36.4 Å². The van der Waals surface area contributed by atoms with Gasteiger partial charge < -0.3 is 9.47 Å². The minimum absolute atomic E-state index is 0.249. The number of esters is 2. The van der Waals surface area contributed by atoms with Gasteiger partial charge in [0.15, 0.2) is 0 Å². The van der Waals surface area contributed by atoms with Crippen LogP contribution in [0.3, 0.4) is 0 Å². The van der Waals surface area contributed by atoms with Gasteiger partial charge in [0.05, 0.1) is 24.2 Å². The summed E-state index contributed by atoms with van der Waals surface area (Å²) in [6.45, 7) is 5.18. The van der Waals surface area contributed by atoms with Crippen molar-refractivity contribution in [1.82, 2.24) is 9.97 Å². The number of hydrogen-bond acceptors (Lipinski definition) is 6. The van der Waals surface area contributed by atoms with E-state index < -0.39 is 11.9 Å². The number of aromatic nitrogens is 2. The summed E-state index contributed by atoms with van der Waals surface area (Å²) in [6.07, 6.45) is 13.6. The number of hydrogen-bond donors (Lipinski definition) is 0. The SMILES string of the molecule is CCCCCCCCOC(=O)c1ccc2ccc3ccc(C(=O)OCCCCCCCC)nc3c2n1. The molecule has 0 aliphatic carbocycles. The molecule has 194 valence electrons. The minimum Gasteiger partial charge on any atom is -0.461 e. The number of carbonyl (C=O) groups excluding carboxylic acids is 2. The minimum atomic E-state index is -0.433. The number of pyridine rings is 2. The topological polar surface area (TPSA) is 78.4 Å². The van der Waals surface area contributed by atoms with Crippen molar-refractivity contribution in [1.29, 1.82) is 0 Å². The Labute approximate surface area is 214 Å². The summed E-state index contributed by atoms with van der Waals surface area (Å²) in [5.74, 6) is -0.867. The van der Waals surface area contributed by atoms with Crippen LogP contribution < -0.4 is 0 Å². The first-order chi connectivity index (χ1) is 17.6. The number of fused-ring (bicyclic) bond motifs is 3. The maximum absolute atomic E-state index is 12.6. The maximum Gasteiger partial charge on any atom is 0.356 e. The summed E-state index contributed by atoms with van der Waals surface area (Å²) in [5.41, 5.74) is 1.65. The molecule has 0 spiro atoms. The normalized spacial score (nSPS) is 11.2. The molecule has 0 amide bonds. The number of nitrogens with zero attached hydrogens (tertiary/aromatic N) is 2. The van der Waals surface area contributed by atoms with Gasteiger partial charge in [-0.15, -0.1) is 0 Å². The number of unbranched alkanes of at least 4 members (excludes halogenated alkanes) is 10. The predicted molar refractivity (Wildman–Crippen MR) is 144 cm³/mol. The Morgan fingerprint density at radius 2 is 0.917 bits per heavy atom. The number of ether oxygens (including phenoxy) is 2. The van der Waals surface area contributed by atoms with Crippen LogP contribution in [0.25, 0.3) is 21.8 Å². The van der Waals surface area contributed by atoms with Crippen molar-refractivity contribution < 1.29 is 19.1 Å². The Hall–Kier alpha value is -3.02. The van der Waals surface area contributed by atoms with E-state index in [4.69, 9.17) is 9.47 Å². The summed E-state index contributed by atoms with van der Waals surface area (Å²) in [5, 5.41) is 1.69. The van der Waals surface area contributed by atoms with E-state index in [9.17, 15) is 9.59 Å². The first-order valence-electron chi connectivity index (χ1n) is 13.7. The first-order valence-corrected chi connectivity index (χ1v) is 13.7. The van der Waals surface area contributed by atoms with Crippen molar-refractivity contribution in [2.24, 2.45) is 0 Å². The molecule has 0 bridgehead atoms. The smallest absolute Gasteiger partial charge is 0.356 e. The van der Waals surface area contributed by atoms with Gasteiger partial charge >= 0.3 is 11.9 Å². The van der Waals surface area contributed by atoms with Crippen molar-refractivity contribution in [3.05, 3.63) is 47.8 Å². The third-order valence-corrected chi connectivity index (χ3v) is 6.40. The van der Waals surface area contributed by atoms with Crippen LogP contribution >= 0.6 is 0 Å². The molecule has 0 aliphatic heterocycles. The second kappa shape index (κ2) is 15.2. The zero-order valence-electron chi connectivity index (χ0n) is 21.9. The van der Waals surface area contributed by atoms with E-state index in [-0.39, 0.29) is 11.4 Å². The standard InChI is InChI=1S/C30H40N2O4/c1-3-5-7-9-11-13-21-35-29(33)25-19-17-23-15-16-24-18-20-26(32-28(24)27(23)31-25)30(34)36-22-14-12-10-8-6-4-2/h15-20H,3-14,21-22H2,1-2H3. The third-order valence-electron chi connectivity index (χ3n) is 6.40. The Morgan fingerprint density at radius 1 is 0.556 bits per heavy atom. The summed E-state index contributed by atoms with van der Waals surface area (Å²) >= 11 is 0. The van der Waals surface area contributed by atoms with Gasteiger partial charge in [-0.3, -0.25) is 0 Å². The van der Waals surface area contributed by atoms with Crippen molar-refractivity contribution >= 4 is 33.7 Å². The van der Waals surface area contributed by atoms with Crippen molar-refractivity contribution in [3.8, 4) is 0 Å². The average Bonchev–Trinajstić information content (AvgIpc) is 2.91. The van der Waals surface area contributed by atoms with Gasteiger partial charge in [0.1, 0.15) is 11.4 Å². The second-order valence-corrected chi connectivity index (χ2v) is 9.41. The van der Waals surface area contributed by atoms with Crippen LogP contribution in [-0.4, -0.2) is 35.1 Å². The molecule has 0 radical (unpaired) electrons. The van der Waals surface area contributed by atoms with Crippen molar-refractivity contribution in [2.75, 3.05) is 13.2 Å². The number of rotatable bonds is 16. The Balaban J connectivity index is 1.63. The van der Waals surface area contributed by atoms with Gasteiger partial charge in [0, 0.05) is 10.8 Å². The molecule has 0 saturated carbocycles. The summed E-state index contributed by atoms with van der Waals surface area (Å²) < 4.78 is 10.9. The van der Waals surface area contributed by atoms with E-state index in [2.05, 4.69) is 23.8 Å². The molecule has 3 rings (SSSR count). The van der Waals surface area contributed by atoms with E-state index in [1.165, 1.54) is 51.4 Å². The highest BCUT2D eigenvalue weighted by atomic mass is 16.5. The second-order valence-electron chi connectivity index (χ2n) is 9.41. The molecule has 0 unspecified atom stereocenters. The molecule has 0 fully saturated rings. The van der Waals surface area contributed by atoms with E-state index >= 15 is 0 Å². The first kappa shape index (κ1) is 27.6. The summed E-state index contributed by atoms with van der Waals surface area (Å²) in [4.78, 5) is 34.3. The highest BCUT2D eigenvalue weighted by molar-refractivity contribution is 6.05. The van der Waals surface area contributed by atoms with Gasteiger partial charge in [-0.05, 0) is 25.0 Å². The third kappa shape index (κ3) is 8.28. The van der Waals surface area contributed by atoms with E-state index in [1.54, 1.807) is 12.1 Å². The van der Waals surface area contributed by atoms with Crippen molar-refractivity contribution in [2.45, 2.75) is 90.9 Å². The van der Waals surface area contributed by atoms with Gasteiger partial charge in [0.25, 0.3) is 0 Å². The molecule has 2 heterocycles. The Kier molecular flexibility index (Phi) is 11.6. The Morgan fingerprint density at radius 3 is 1.33 bits per heavy atom. The van der Waals surface area contributed by atoms with Crippen molar-refractivity contribution in [3.63, 3.8) is 0 Å². The lowest BCUT2D eigenvalue weighted by Gasteiger charge is -2.08. The summed E-state index contributed by atoms with van der Waals surface area (Å²) in [7, 11) is 0. The fraction of sp³-hybridized carbons (Fsp3) is 0.533. The lowest BCUT2D eigenvalue weighted by molar-refractivity contribution is 0.0482. The lowest BCUT2D eigenvalue weighted by Crippen LogP contribution is -2.10. The van der Waals surface area contributed by atoms with Gasteiger partial charge in [-0.1, -0.05) is 102 Å². The molecule has 0 saturated heterocycles. The number of carbonyl (C=O) groups is 2. The molecular formula is C30H40N2O4. The zero-order chi connectivity index (χ0) is 25.6. The molecule has 6 nitrogen and oxygen atoms in total. The van der Waals surface area contributed by atoms with Gasteiger partial charge in [-0.2, -0.15) is 0 Å². The van der Waals surface area contributed by atoms with E-state index in [0.717, 1.165) is 36.5 Å². The molecule has 0 atom stereocenters. The van der Waals surface area contributed by atoms with E-state index in [1.807, 2.05) is 24.3 Å². The predicted octanol–water partition coefficient (Wildman–Crippen LogP) is 7.82. The molecule has 2 aromatic heterocycles. The maximum atomic E-state index is 12.6. The summed E-state index contributed by atoms with van der Waals surface area (Å²) in [6, 6.07) is 10.9. The quantitative estimate of drug-likeness (QED) is 0.115. The van der Waals surface area contributed by atoms with Crippen LogP contribution in [0.2, 0.25) is 0 Å². The fourth-order valence-electron chi connectivity index (χ4n) is 4.24. The zero-order valence-corrected chi connectivity index (χ0v) is 21.9. The molecule has 0 N–H and O–H groups in total. The molecule has 0 aliphatic rings. The van der Waals surface area contributed by atoms with Crippen LogP contribution in [-0.2, 0) is 9.47 Å². The van der Waals surface area contributed by atoms with Crippen LogP contribution in [0.1, 0.15) is 112 Å².